The summed E-state index contributed by atoms with van der Waals surface area (Å²) in [5.41, 5.74) is 2.00. The minimum Gasteiger partial charge on any atom is -0.393 e. The number of hydrogen-bond donors (Lipinski definition) is 2. The number of aliphatic hydroxyl groups is 1. The summed E-state index contributed by atoms with van der Waals surface area (Å²) in [6, 6.07) is 8.48. The lowest BCUT2D eigenvalue weighted by molar-refractivity contribution is 0.0235. The summed E-state index contributed by atoms with van der Waals surface area (Å²) in [5.74, 6) is -0.306. The summed E-state index contributed by atoms with van der Waals surface area (Å²) in [6.07, 6.45) is 2.38. The Hall–Kier alpha value is -2.25. The van der Waals surface area contributed by atoms with Crippen molar-refractivity contribution in [3.63, 3.8) is 0 Å². The second kappa shape index (κ2) is 5.87. The van der Waals surface area contributed by atoms with E-state index in [0.717, 1.165) is 40.7 Å². The van der Waals surface area contributed by atoms with Crippen molar-refractivity contribution in [3.05, 3.63) is 52.3 Å². The van der Waals surface area contributed by atoms with Crippen molar-refractivity contribution in [1.82, 2.24) is 15.1 Å². The van der Waals surface area contributed by atoms with Crippen molar-refractivity contribution in [2.24, 2.45) is 5.41 Å². The van der Waals surface area contributed by atoms with Crippen LogP contribution in [0.1, 0.15) is 40.2 Å². The minimum absolute atomic E-state index is 0.0489. The standard InChI is InChI=1S/C20H20FN3O2S/c1-11-15-6-16(18(26)22-17-9-20(17)7-14(25)8-20)27-19(15)24(23-11)10-12-2-4-13(21)5-3-12/h2-6,14,17,25H,7-10H2,1H3,(H,22,26). The second-order valence-corrected chi connectivity index (χ2v) is 8.88. The lowest BCUT2D eigenvalue weighted by Crippen LogP contribution is -2.38. The Morgan fingerprint density at radius 2 is 2.11 bits per heavy atom. The van der Waals surface area contributed by atoms with Crippen molar-refractivity contribution >= 4 is 27.5 Å². The highest BCUT2D eigenvalue weighted by molar-refractivity contribution is 7.20. The molecule has 2 fully saturated rings. The molecule has 1 spiro atoms. The van der Waals surface area contributed by atoms with Crippen LogP contribution in [0.2, 0.25) is 0 Å². The third kappa shape index (κ3) is 2.85. The zero-order valence-corrected chi connectivity index (χ0v) is 15.7. The van der Waals surface area contributed by atoms with Gasteiger partial charge in [-0.25, -0.2) is 4.39 Å². The van der Waals surface area contributed by atoms with E-state index in [1.807, 2.05) is 17.7 Å². The van der Waals surface area contributed by atoms with E-state index in [2.05, 4.69) is 10.4 Å². The third-order valence-electron chi connectivity index (χ3n) is 5.86. The molecule has 3 aromatic rings. The Morgan fingerprint density at radius 3 is 2.81 bits per heavy atom. The van der Waals surface area contributed by atoms with E-state index in [1.54, 1.807) is 12.1 Å². The zero-order chi connectivity index (χ0) is 18.8. The summed E-state index contributed by atoms with van der Waals surface area (Å²) in [4.78, 5) is 14.3. The Bertz CT molecular complexity index is 1030. The van der Waals surface area contributed by atoms with E-state index in [1.165, 1.54) is 23.5 Å². The van der Waals surface area contributed by atoms with Crippen molar-refractivity contribution < 1.29 is 14.3 Å². The number of aryl methyl sites for hydroxylation is 1. The van der Waals surface area contributed by atoms with Gasteiger partial charge < -0.3 is 10.4 Å². The molecule has 27 heavy (non-hydrogen) atoms. The van der Waals surface area contributed by atoms with Crippen LogP contribution in [0.15, 0.2) is 30.3 Å². The molecule has 0 aliphatic heterocycles. The summed E-state index contributed by atoms with van der Waals surface area (Å²) >= 11 is 1.44. The van der Waals surface area contributed by atoms with Gasteiger partial charge in [-0.1, -0.05) is 12.1 Å². The number of carbonyl (C=O) groups excluding carboxylic acids is 1. The van der Waals surface area contributed by atoms with Gasteiger partial charge in [0.15, 0.2) is 0 Å². The highest BCUT2D eigenvalue weighted by Crippen LogP contribution is 2.60. The zero-order valence-electron chi connectivity index (χ0n) is 14.9. The van der Waals surface area contributed by atoms with Crippen LogP contribution >= 0.6 is 11.3 Å². The van der Waals surface area contributed by atoms with Gasteiger partial charge >= 0.3 is 0 Å². The number of nitrogens with one attached hydrogen (secondary N) is 1. The summed E-state index contributed by atoms with van der Waals surface area (Å²) in [7, 11) is 0. The first-order valence-electron chi connectivity index (χ1n) is 9.14. The van der Waals surface area contributed by atoms with Crippen molar-refractivity contribution in [2.75, 3.05) is 0 Å². The predicted molar refractivity (Wildman–Crippen MR) is 101 cm³/mol. The number of hydrogen-bond acceptors (Lipinski definition) is 4. The first-order valence-corrected chi connectivity index (χ1v) is 9.95. The molecule has 5 nitrogen and oxygen atoms in total. The molecule has 2 saturated carbocycles. The predicted octanol–water partition coefficient (Wildman–Crippen LogP) is 3.24. The Labute approximate surface area is 159 Å². The molecule has 0 saturated heterocycles. The van der Waals surface area contributed by atoms with Gasteiger partial charge in [0.2, 0.25) is 0 Å². The topological polar surface area (TPSA) is 67.2 Å². The number of fused-ring (bicyclic) bond motifs is 1. The minimum atomic E-state index is -0.257. The first-order chi connectivity index (χ1) is 12.9. The van der Waals surface area contributed by atoms with E-state index in [0.29, 0.717) is 11.4 Å². The van der Waals surface area contributed by atoms with Crippen LogP contribution in [0.3, 0.4) is 0 Å². The van der Waals surface area contributed by atoms with Gasteiger partial charge in [-0.2, -0.15) is 5.10 Å². The van der Waals surface area contributed by atoms with E-state index in [4.69, 9.17) is 0 Å². The Kier molecular flexibility index (Phi) is 3.67. The molecular formula is C20H20FN3O2S. The average Bonchev–Trinajstić information content (AvgIpc) is 3.00. The van der Waals surface area contributed by atoms with Gasteiger partial charge in [0.1, 0.15) is 10.6 Å². The van der Waals surface area contributed by atoms with Gasteiger partial charge in [-0.05, 0) is 55.4 Å². The number of rotatable bonds is 4. The van der Waals surface area contributed by atoms with E-state index in [-0.39, 0.29) is 29.3 Å². The number of halogens is 1. The molecule has 1 unspecified atom stereocenters. The lowest BCUT2D eigenvalue weighted by atomic mass is 9.78. The molecule has 1 aromatic carbocycles. The molecule has 5 rings (SSSR count). The number of benzene rings is 1. The van der Waals surface area contributed by atoms with Crippen LogP contribution in [-0.4, -0.2) is 32.9 Å². The maximum absolute atomic E-state index is 13.1. The quantitative estimate of drug-likeness (QED) is 0.725. The van der Waals surface area contributed by atoms with Crippen molar-refractivity contribution in [1.29, 1.82) is 0 Å². The molecule has 1 amide bonds. The largest absolute Gasteiger partial charge is 0.393 e. The SMILES string of the molecule is Cc1nn(Cc2ccc(F)cc2)c2sc(C(=O)NC3CC34CC(O)C4)cc12. The van der Waals surface area contributed by atoms with Crippen LogP contribution in [0.25, 0.3) is 10.2 Å². The third-order valence-corrected chi connectivity index (χ3v) is 7.00. The molecule has 2 aromatic heterocycles. The smallest absolute Gasteiger partial charge is 0.261 e. The van der Waals surface area contributed by atoms with Crippen molar-refractivity contribution in [2.45, 2.75) is 44.9 Å². The molecular weight excluding hydrogens is 365 g/mol. The summed E-state index contributed by atoms with van der Waals surface area (Å²) in [6.45, 7) is 2.47. The van der Waals surface area contributed by atoms with Crippen LogP contribution in [0, 0.1) is 18.2 Å². The number of thiophene rings is 1. The average molecular weight is 385 g/mol. The lowest BCUT2D eigenvalue weighted by Gasteiger charge is -2.32. The molecule has 0 radical (unpaired) electrons. The van der Waals surface area contributed by atoms with E-state index >= 15 is 0 Å². The van der Waals surface area contributed by atoms with Crippen LogP contribution < -0.4 is 5.32 Å². The maximum atomic E-state index is 13.1. The molecule has 2 N–H and O–H groups in total. The second-order valence-electron chi connectivity index (χ2n) is 7.85. The van der Waals surface area contributed by atoms with Crippen LogP contribution in [-0.2, 0) is 6.54 Å². The normalized spacial score (nSPS) is 26.3. The summed E-state index contributed by atoms with van der Waals surface area (Å²) in [5, 5.41) is 18.2. The van der Waals surface area contributed by atoms with Crippen LogP contribution in [0.5, 0.6) is 0 Å². The van der Waals surface area contributed by atoms with Gasteiger partial charge in [0.25, 0.3) is 5.91 Å². The van der Waals surface area contributed by atoms with Gasteiger partial charge in [0.05, 0.1) is 23.2 Å². The van der Waals surface area contributed by atoms with E-state index in [9.17, 15) is 14.3 Å². The van der Waals surface area contributed by atoms with E-state index < -0.39 is 0 Å². The van der Waals surface area contributed by atoms with Crippen LogP contribution in [0.4, 0.5) is 4.39 Å². The molecule has 140 valence electrons. The number of aliphatic hydroxyl groups excluding tert-OH is 1. The number of aromatic nitrogens is 2. The highest BCUT2D eigenvalue weighted by atomic mass is 32.1. The number of nitrogens with zero attached hydrogens (tertiary/aromatic N) is 2. The van der Waals surface area contributed by atoms with Gasteiger partial charge in [-0.15, -0.1) is 11.3 Å². The molecule has 7 heteroatoms. The molecule has 1 atom stereocenters. The number of carbonyl (C=O) groups is 1. The molecule has 2 heterocycles. The first kappa shape index (κ1) is 16.9. The fourth-order valence-corrected chi connectivity index (χ4v) is 5.27. The Balaban J connectivity index is 1.35. The Morgan fingerprint density at radius 1 is 1.37 bits per heavy atom. The summed E-state index contributed by atoms with van der Waals surface area (Å²) < 4.78 is 15.0. The monoisotopic (exact) mass is 385 g/mol. The van der Waals surface area contributed by atoms with Gasteiger partial charge in [-0.3, -0.25) is 9.48 Å². The number of amides is 1. The maximum Gasteiger partial charge on any atom is 0.261 e. The van der Waals surface area contributed by atoms with Crippen molar-refractivity contribution in [3.8, 4) is 0 Å². The van der Waals surface area contributed by atoms with Gasteiger partial charge in [0, 0.05) is 11.4 Å². The molecule has 2 aliphatic rings. The fraction of sp³-hybridized carbons (Fsp3) is 0.400. The molecule has 0 bridgehead atoms. The molecule has 2 aliphatic carbocycles. The highest BCUT2D eigenvalue weighted by Gasteiger charge is 2.61. The fourth-order valence-electron chi connectivity index (χ4n) is 4.21.